The first kappa shape index (κ1) is 20.3. The molecule has 7 heteroatoms. The van der Waals surface area contributed by atoms with Crippen LogP contribution in [0, 0.1) is 0 Å². The molecule has 0 radical (unpaired) electrons. The zero-order chi connectivity index (χ0) is 20.6. The van der Waals surface area contributed by atoms with E-state index in [2.05, 4.69) is 10.6 Å². The predicted octanol–water partition coefficient (Wildman–Crippen LogP) is 4.02. The van der Waals surface area contributed by atoms with Crippen LogP contribution in [0.5, 0.6) is 0 Å². The lowest BCUT2D eigenvalue weighted by Crippen LogP contribution is -2.20. The van der Waals surface area contributed by atoms with Gasteiger partial charge < -0.3 is 15.7 Å². The average Bonchev–Trinajstić information content (AvgIpc) is 2.70. The maximum absolute atomic E-state index is 12.2. The zero-order valence-corrected chi connectivity index (χ0v) is 16.3. The van der Waals surface area contributed by atoms with E-state index in [0.29, 0.717) is 11.3 Å². The van der Waals surface area contributed by atoms with Crippen LogP contribution in [0.4, 0.5) is 17.1 Å². The van der Waals surface area contributed by atoms with E-state index in [-0.39, 0.29) is 23.0 Å². The number of hydrogen-bond acceptors (Lipinski definition) is 4. The molecule has 3 aromatic rings. The second kappa shape index (κ2) is 9.66. The molecule has 0 saturated heterocycles. The van der Waals surface area contributed by atoms with E-state index in [1.165, 1.54) is 12.1 Å². The summed E-state index contributed by atoms with van der Waals surface area (Å²) in [7, 11) is -1.44. The van der Waals surface area contributed by atoms with Crippen LogP contribution in [0.3, 0.4) is 0 Å². The van der Waals surface area contributed by atoms with Crippen molar-refractivity contribution in [3.05, 3.63) is 90.0 Å². The van der Waals surface area contributed by atoms with Gasteiger partial charge in [-0.25, -0.2) is 4.79 Å². The van der Waals surface area contributed by atoms with Gasteiger partial charge >= 0.3 is 5.97 Å². The number of carboxylic acid groups (broad SMARTS) is 1. The van der Waals surface area contributed by atoms with E-state index in [9.17, 15) is 13.8 Å². The molecule has 3 rings (SSSR count). The van der Waals surface area contributed by atoms with Gasteiger partial charge in [0.15, 0.2) is 0 Å². The first-order chi connectivity index (χ1) is 14.0. The molecule has 1 atom stereocenters. The van der Waals surface area contributed by atoms with Crippen molar-refractivity contribution in [1.82, 2.24) is 0 Å². The van der Waals surface area contributed by atoms with Crippen LogP contribution in [0.15, 0.2) is 78.9 Å². The summed E-state index contributed by atoms with van der Waals surface area (Å²) >= 11 is 0. The number of hydrogen-bond donors (Lipinski definition) is 3. The number of aromatic carboxylic acids is 1. The third-order valence-electron chi connectivity index (χ3n) is 4.02. The first-order valence-corrected chi connectivity index (χ1v) is 10.4. The first-order valence-electron chi connectivity index (χ1n) is 8.89. The molecule has 0 heterocycles. The van der Waals surface area contributed by atoms with Crippen molar-refractivity contribution in [2.45, 2.75) is 5.75 Å². The number of benzene rings is 3. The van der Waals surface area contributed by atoms with Gasteiger partial charge in [-0.3, -0.25) is 9.00 Å². The lowest BCUT2D eigenvalue weighted by molar-refractivity contribution is -0.113. The summed E-state index contributed by atoms with van der Waals surface area (Å²) in [6, 6.07) is 23.2. The maximum Gasteiger partial charge on any atom is 0.335 e. The van der Waals surface area contributed by atoms with E-state index < -0.39 is 16.8 Å². The second-order valence-electron chi connectivity index (χ2n) is 6.35. The third-order valence-corrected chi connectivity index (χ3v) is 5.26. The molecule has 1 unspecified atom stereocenters. The molecule has 0 aromatic heterocycles. The van der Waals surface area contributed by atoms with Crippen LogP contribution >= 0.6 is 0 Å². The fraction of sp³-hybridized carbons (Fsp3) is 0.0909. The predicted molar refractivity (Wildman–Crippen MR) is 115 cm³/mol. The highest BCUT2D eigenvalue weighted by Crippen LogP contribution is 2.18. The minimum Gasteiger partial charge on any atom is -0.478 e. The summed E-state index contributed by atoms with van der Waals surface area (Å²) in [6.07, 6.45) is 0. The third kappa shape index (κ3) is 6.29. The molecule has 0 saturated carbocycles. The molecule has 3 N–H and O–H groups in total. The molecule has 0 aliphatic rings. The summed E-state index contributed by atoms with van der Waals surface area (Å²) in [5.41, 5.74) is 3.21. The van der Waals surface area contributed by atoms with Crippen LogP contribution in [0.1, 0.15) is 15.9 Å². The van der Waals surface area contributed by atoms with Crippen LogP contribution < -0.4 is 10.6 Å². The van der Waals surface area contributed by atoms with Gasteiger partial charge in [0.1, 0.15) is 5.75 Å². The van der Waals surface area contributed by atoms with Gasteiger partial charge in [-0.2, -0.15) is 0 Å². The molecule has 0 spiro atoms. The molecule has 29 heavy (non-hydrogen) atoms. The number of para-hydroxylation sites is 1. The van der Waals surface area contributed by atoms with Gasteiger partial charge in [-0.15, -0.1) is 0 Å². The topological polar surface area (TPSA) is 95.5 Å². The fourth-order valence-corrected chi connectivity index (χ4v) is 3.72. The summed E-state index contributed by atoms with van der Waals surface area (Å²) in [5, 5.41) is 15.0. The standard InChI is InChI=1S/C22H20N2O4S/c25-21(15-29(28)14-16-5-4-6-17(13-16)22(26)27)24-20-11-9-19(10-12-20)23-18-7-2-1-3-8-18/h1-13,23H,14-15H2,(H,24,25)(H,26,27). The number of rotatable bonds is 8. The molecule has 0 bridgehead atoms. The Hall–Kier alpha value is -3.45. The molecule has 0 aliphatic heterocycles. The summed E-state index contributed by atoms with van der Waals surface area (Å²) < 4.78 is 12.2. The number of carbonyl (C=O) groups is 2. The molecule has 0 fully saturated rings. The Balaban J connectivity index is 1.51. The van der Waals surface area contributed by atoms with Gasteiger partial charge in [0.05, 0.1) is 5.56 Å². The van der Waals surface area contributed by atoms with Gasteiger partial charge in [-0.1, -0.05) is 30.3 Å². The fourth-order valence-electron chi connectivity index (χ4n) is 2.70. The highest BCUT2D eigenvalue weighted by molar-refractivity contribution is 7.84. The molecule has 3 aromatic carbocycles. The SMILES string of the molecule is O=C(CS(=O)Cc1cccc(C(=O)O)c1)Nc1ccc(Nc2ccccc2)cc1. The van der Waals surface area contributed by atoms with Crippen LogP contribution in [-0.2, 0) is 21.3 Å². The van der Waals surface area contributed by atoms with Crippen molar-refractivity contribution in [3.8, 4) is 0 Å². The van der Waals surface area contributed by atoms with Crippen LogP contribution in [0.25, 0.3) is 0 Å². The lowest BCUT2D eigenvalue weighted by Gasteiger charge is -2.09. The van der Waals surface area contributed by atoms with E-state index in [1.54, 1.807) is 24.3 Å². The van der Waals surface area contributed by atoms with Crippen molar-refractivity contribution >= 4 is 39.7 Å². The van der Waals surface area contributed by atoms with Crippen LogP contribution in [-0.4, -0.2) is 26.9 Å². The Morgan fingerprint density at radius 2 is 1.48 bits per heavy atom. The zero-order valence-electron chi connectivity index (χ0n) is 15.5. The second-order valence-corrected chi connectivity index (χ2v) is 7.81. The quantitative estimate of drug-likeness (QED) is 0.523. The van der Waals surface area contributed by atoms with Gasteiger partial charge in [0.25, 0.3) is 0 Å². The van der Waals surface area contributed by atoms with Gasteiger partial charge in [-0.05, 0) is 54.1 Å². The minimum absolute atomic E-state index is 0.120. The number of amides is 1. The Morgan fingerprint density at radius 1 is 0.828 bits per heavy atom. The summed E-state index contributed by atoms with van der Waals surface area (Å²) in [5.74, 6) is -1.45. The smallest absolute Gasteiger partial charge is 0.335 e. The van der Waals surface area contributed by atoms with Crippen molar-refractivity contribution in [3.63, 3.8) is 0 Å². The highest BCUT2D eigenvalue weighted by Gasteiger charge is 2.11. The Kier molecular flexibility index (Phi) is 6.76. The van der Waals surface area contributed by atoms with Crippen LogP contribution in [0.2, 0.25) is 0 Å². The lowest BCUT2D eigenvalue weighted by atomic mass is 10.1. The van der Waals surface area contributed by atoms with E-state index >= 15 is 0 Å². The Bertz CT molecular complexity index is 1020. The largest absolute Gasteiger partial charge is 0.478 e. The number of carboxylic acids is 1. The number of carbonyl (C=O) groups excluding carboxylic acids is 1. The normalized spacial score (nSPS) is 11.4. The molecule has 1 amide bonds. The van der Waals surface area contributed by atoms with Gasteiger partial charge in [0, 0.05) is 33.6 Å². The van der Waals surface area contributed by atoms with E-state index in [4.69, 9.17) is 5.11 Å². The molecule has 0 aliphatic carbocycles. The van der Waals surface area contributed by atoms with Crippen molar-refractivity contribution in [2.75, 3.05) is 16.4 Å². The maximum atomic E-state index is 12.2. The molecule has 148 valence electrons. The molecular formula is C22H20N2O4S. The highest BCUT2D eigenvalue weighted by atomic mass is 32.2. The summed E-state index contributed by atoms with van der Waals surface area (Å²) in [4.78, 5) is 23.2. The summed E-state index contributed by atoms with van der Waals surface area (Å²) in [6.45, 7) is 0. The monoisotopic (exact) mass is 408 g/mol. The number of nitrogens with one attached hydrogen (secondary N) is 2. The van der Waals surface area contributed by atoms with E-state index in [0.717, 1.165) is 11.4 Å². The van der Waals surface area contributed by atoms with Crippen molar-refractivity contribution < 1.29 is 18.9 Å². The number of anilines is 3. The molecule has 6 nitrogen and oxygen atoms in total. The molecular weight excluding hydrogens is 388 g/mol. The minimum atomic E-state index is -1.44. The van der Waals surface area contributed by atoms with E-state index in [1.807, 2.05) is 42.5 Å². The van der Waals surface area contributed by atoms with Crippen molar-refractivity contribution in [2.24, 2.45) is 0 Å². The average molecular weight is 408 g/mol. The Morgan fingerprint density at radius 3 is 2.17 bits per heavy atom. The van der Waals surface area contributed by atoms with Gasteiger partial charge in [0.2, 0.25) is 5.91 Å². The van der Waals surface area contributed by atoms with Crippen molar-refractivity contribution in [1.29, 1.82) is 0 Å². The Labute approximate surface area is 171 Å².